The smallest absolute Gasteiger partial charge is 0.133 e. The second-order valence-electron chi connectivity index (χ2n) is 5.95. The van der Waals surface area contributed by atoms with E-state index >= 15 is 0 Å². The van der Waals surface area contributed by atoms with Crippen LogP contribution in [-0.4, -0.2) is 16.3 Å². The molecule has 5 heteroatoms. The summed E-state index contributed by atoms with van der Waals surface area (Å²) in [6.45, 7) is 0.950. The average Bonchev–Trinajstić information content (AvgIpc) is 2.78. The lowest BCUT2D eigenvalue weighted by Crippen LogP contribution is -2.07. The maximum Gasteiger partial charge on any atom is 0.133 e. The van der Waals surface area contributed by atoms with Crippen molar-refractivity contribution in [3.63, 3.8) is 0 Å². The average molecular weight is 433 g/mol. The maximum absolute atomic E-state index is 13.3. The minimum absolute atomic E-state index is 0.222. The molecular weight excluding hydrogens is 416 g/mol. The van der Waals surface area contributed by atoms with E-state index in [1.54, 1.807) is 12.1 Å². The Morgan fingerprint density at radius 1 is 1.00 bits per heavy atom. The summed E-state index contributed by atoms with van der Waals surface area (Å²) in [4.78, 5) is 0. The van der Waals surface area contributed by atoms with E-state index in [0.29, 0.717) is 0 Å². The Hall–Kier alpha value is -1.89. The molecule has 0 aliphatic carbocycles. The quantitative estimate of drug-likeness (QED) is 0.575. The van der Waals surface area contributed by atoms with Gasteiger partial charge >= 0.3 is 0 Å². The molecule has 0 bridgehead atoms. The van der Waals surface area contributed by atoms with Crippen LogP contribution in [0.2, 0.25) is 0 Å². The molecule has 0 atom stereocenters. The first kappa shape index (κ1) is 15.6. The number of nitrogens with zero attached hydrogens (tertiary/aromatic N) is 2. The third-order valence-electron chi connectivity index (χ3n) is 4.32. The molecule has 0 spiro atoms. The van der Waals surface area contributed by atoms with Crippen LogP contribution in [-0.2, 0) is 6.42 Å². The van der Waals surface area contributed by atoms with Crippen molar-refractivity contribution < 1.29 is 4.39 Å². The van der Waals surface area contributed by atoms with Crippen molar-refractivity contribution in [3.05, 3.63) is 63.5 Å². The number of nitrogens with one attached hydrogen (secondary N) is 1. The number of hydrogen-bond acceptors (Lipinski definition) is 2. The second-order valence-corrected chi connectivity index (χ2v) is 7.20. The van der Waals surface area contributed by atoms with Crippen molar-refractivity contribution in [2.45, 2.75) is 19.3 Å². The van der Waals surface area contributed by atoms with E-state index in [-0.39, 0.29) is 5.82 Å². The number of fused-ring (bicyclic) bond motifs is 1. The van der Waals surface area contributed by atoms with Crippen LogP contribution < -0.4 is 5.32 Å². The Bertz CT molecular complexity index is 784. The van der Waals surface area contributed by atoms with E-state index in [1.165, 1.54) is 21.3 Å². The van der Waals surface area contributed by atoms with E-state index in [1.807, 2.05) is 4.68 Å². The molecule has 1 aromatic heterocycles. The molecule has 0 radical (unpaired) electrons. The number of rotatable bonds is 2. The molecule has 0 unspecified atom stereocenters. The van der Waals surface area contributed by atoms with Gasteiger partial charge in [0.1, 0.15) is 11.6 Å². The van der Waals surface area contributed by atoms with Crippen LogP contribution in [0.4, 0.5) is 10.2 Å². The summed E-state index contributed by atoms with van der Waals surface area (Å²) >= 11 is 2.30. The van der Waals surface area contributed by atoms with Gasteiger partial charge < -0.3 is 5.32 Å². The van der Waals surface area contributed by atoms with Gasteiger partial charge in [-0.2, -0.15) is 5.10 Å². The fourth-order valence-corrected chi connectivity index (χ4v) is 3.47. The zero-order valence-corrected chi connectivity index (χ0v) is 15.3. The van der Waals surface area contributed by atoms with Gasteiger partial charge in [0.15, 0.2) is 0 Å². The summed E-state index contributed by atoms with van der Waals surface area (Å²) in [6, 6.07) is 14.9. The van der Waals surface area contributed by atoms with Crippen molar-refractivity contribution in [1.82, 2.24) is 9.78 Å². The summed E-state index contributed by atoms with van der Waals surface area (Å²) in [5.74, 6) is 0.841. The number of aromatic nitrogens is 2. The molecule has 0 fully saturated rings. The molecule has 122 valence electrons. The number of hydrogen-bond donors (Lipinski definition) is 1. The molecule has 1 N–H and O–H groups in total. The Morgan fingerprint density at radius 2 is 1.75 bits per heavy atom. The first-order valence-electron chi connectivity index (χ1n) is 8.10. The third-order valence-corrected chi connectivity index (χ3v) is 5.04. The molecule has 3 aromatic rings. The highest BCUT2D eigenvalue weighted by Crippen LogP contribution is 2.34. The summed E-state index contributed by atoms with van der Waals surface area (Å²) in [5, 5.41) is 8.40. The Morgan fingerprint density at radius 3 is 2.50 bits per heavy atom. The second kappa shape index (κ2) is 6.55. The van der Waals surface area contributed by atoms with Gasteiger partial charge in [-0.25, -0.2) is 9.07 Å². The topological polar surface area (TPSA) is 29.9 Å². The van der Waals surface area contributed by atoms with E-state index in [4.69, 9.17) is 5.10 Å². The first-order valence-corrected chi connectivity index (χ1v) is 9.18. The van der Waals surface area contributed by atoms with Crippen LogP contribution in [0.1, 0.15) is 18.4 Å². The minimum Gasteiger partial charge on any atom is -0.370 e. The van der Waals surface area contributed by atoms with E-state index in [9.17, 15) is 4.39 Å². The van der Waals surface area contributed by atoms with Gasteiger partial charge in [0.05, 0.1) is 11.4 Å². The van der Waals surface area contributed by atoms with Crippen molar-refractivity contribution in [3.8, 4) is 16.9 Å². The van der Waals surface area contributed by atoms with E-state index < -0.39 is 0 Å². The molecule has 2 aromatic carbocycles. The normalized spacial score (nSPS) is 13.9. The van der Waals surface area contributed by atoms with Crippen LogP contribution in [0.15, 0.2) is 48.5 Å². The van der Waals surface area contributed by atoms with Crippen LogP contribution in [0, 0.1) is 9.39 Å². The first-order chi connectivity index (χ1) is 11.7. The van der Waals surface area contributed by atoms with Gasteiger partial charge in [0.2, 0.25) is 0 Å². The fourth-order valence-electron chi connectivity index (χ4n) is 3.11. The minimum atomic E-state index is -0.222. The third kappa shape index (κ3) is 2.92. The monoisotopic (exact) mass is 433 g/mol. The molecule has 3 nitrogen and oxygen atoms in total. The van der Waals surface area contributed by atoms with Crippen LogP contribution >= 0.6 is 22.6 Å². The van der Waals surface area contributed by atoms with Crippen molar-refractivity contribution in [1.29, 1.82) is 0 Å². The molecule has 4 rings (SSSR count). The highest BCUT2D eigenvalue weighted by molar-refractivity contribution is 14.1. The molecule has 0 amide bonds. The van der Waals surface area contributed by atoms with Gasteiger partial charge in [0.25, 0.3) is 0 Å². The molecule has 2 heterocycles. The van der Waals surface area contributed by atoms with Crippen LogP contribution in [0.5, 0.6) is 0 Å². The van der Waals surface area contributed by atoms with Crippen molar-refractivity contribution >= 4 is 28.4 Å². The number of benzene rings is 2. The maximum atomic E-state index is 13.3. The van der Waals surface area contributed by atoms with Gasteiger partial charge in [-0.15, -0.1) is 0 Å². The van der Waals surface area contributed by atoms with Crippen molar-refractivity contribution in [2.75, 3.05) is 11.9 Å². The molecule has 0 saturated carbocycles. The lowest BCUT2D eigenvalue weighted by molar-refractivity contribution is 0.628. The van der Waals surface area contributed by atoms with Gasteiger partial charge in [-0.1, -0.05) is 0 Å². The molecule has 0 saturated heterocycles. The molecule has 1 aliphatic heterocycles. The zero-order valence-electron chi connectivity index (χ0n) is 13.1. The largest absolute Gasteiger partial charge is 0.370 e. The van der Waals surface area contributed by atoms with E-state index in [0.717, 1.165) is 48.6 Å². The highest BCUT2D eigenvalue weighted by atomic mass is 127. The summed E-state index contributed by atoms with van der Waals surface area (Å²) in [7, 11) is 0. The lowest BCUT2D eigenvalue weighted by atomic mass is 10.0. The molecular formula is C19H17FIN3. The van der Waals surface area contributed by atoms with Crippen LogP contribution in [0.3, 0.4) is 0 Å². The van der Waals surface area contributed by atoms with Gasteiger partial charge in [-0.3, -0.25) is 0 Å². The van der Waals surface area contributed by atoms with E-state index in [2.05, 4.69) is 52.2 Å². The van der Waals surface area contributed by atoms with Gasteiger partial charge in [0, 0.05) is 21.2 Å². The van der Waals surface area contributed by atoms with Gasteiger partial charge in [-0.05, 0) is 90.4 Å². The summed E-state index contributed by atoms with van der Waals surface area (Å²) in [5.41, 5.74) is 4.16. The Balaban J connectivity index is 1.88. The Kier molecular flexibility index (Phi) is 4.26. The fraction of sp³-hybridized carbons (Fsp3) is 0.211. The SMILES string of the molecule is Fc1ccc(-c2nn(-c3ccc(I)cc3)c3c2CCCCN3)cc1. The highest BCUT2D eigenvalue weighted by Gasteiger charge is 2.21. The van der Waals surface area contributed by atoms with Crippen molar-refractivity contribution in [2.24, 2.45) is 0 Å². The number of halogens is 2. The Labute approximate surface area is 154 Å². The standard InChI is InChI=1S/C19H17FIN3/c20-14-6-4-13(5-7-14)18-17-3-1-2-12-22-19(17)24(23-18)16-10-8-15(21)9-11-16/h4-11,22H,1-3,12H2. The molecule has 1 aliphatic rings. The summed E-state index contributed by atoms with van der Waals surface area (Å²) < 4.78 is 16.5. The predicted octanol–water partition coefficient (Wildman–Crippen LogP) is 5.03. The zero-order chi connectivity index (χ0) is 16.5. The van der Waals surface area contributed by atoms with Crippen LogP contribution in [0.25, 0.3) is 16.9 Å². The predicted molar refractivity (Wildman–Crippen MR) is 103 cm³/mol. The summed E-state index contributed by atoms with van der Waals surface area (Å²) in [6.07, 6.45) is 3.26. The number of anilines is 1. The molecule has 24 heavy (non-hydrogen) atoms. The lowest BCUT2D eigenvalue weighted by Gasteiger charge is -2.09.